The van der Waals surface area contributed by atoms with Crippen LogP contribution >= 0.6 is 0 Å². The van der Waals surface area contributed by atoms with Crippen molar-refractivity contribution in [2.45, 2.75) is 70.9 Å². The highest BCUT2D eigenvalue weighted by Crippen LogP contribution is 2.34. The summed E-state index contributed by atoms with van der Waals surface area (Å²) in [4.78, 5) is 39.2. The molecule has 1 N–H and O–H groups in total. The first-order valence-electron chi connectivity index (χ1n) is 10.8. The molecule has 1 aromatic carbocycles. The summed E-state index contributed by atoms with van der Waals surface area (Å²) in [6.45, 7) is 3.74. The van der Waals surface area contributed by atoms with Gasteiger partial charge in [0.25, 0.3) is 5.91 Å². The van der Waals surface area contributed by atoms with Crippen LogP contribution in [-0.2, 0) is 19.1 Å². The lowest BCUT2D eigenvalue weighted by Gasteiger charge is -2.21. The Hall–Kier alpha value is -2.57. The number of aryl methyl sites for hydroxylation is 1. The topological polar surface area (TPSA) is 84.9 Å². The largest absolute Gasteiger partial charge is 0.495 e. The summed E-state index contributed by atoms with van der Waals surface area (Å²) in [6.07, 6.45) is 5.76. The van der Waals surface area contributed by atoms with Gasteiger partial charge < -0.3 is 19.7 Å². The van der Waals surface area contributed by atoms with E-state index in [2.05, 4.69) is 5.32 Å². The molecule has 30 heavy (non-hydrogen) atoms. The minimum atomic E-state index is -0.876. The number of amides is 2. The van der Waals surface area contributed by atoms with Crippen LogP contribution in [0.25, 0.3) is 0 Å². The predicted octanol–water partition coefficient (Wildman–Crippen LogP) is 3.13. The van der Waals surface area contributed by atoms with Crippen molar-refractivity contribution in [1.82, 2.24) is 5.32 Å². The number of benzene rings is 1. The minimum Gasteiger partial charge on any atom is -0.495 e. The van der Waals surface area contributed by atoms with Crippen molar-refractivity contribution in [3.8, 4) is 5.75 Å². The number of hydrogen-bond acceptors (Lipinski definition) is 5. The number of nitrogens with zero attached hydrogens (tertiary/aromatic N) is 1. The number of carbonyl (C=O) groups excluding carboxylic acids is 3. The lowest BCUT2D eigenvalue weighted by Crippen LogP contribution is -2.42. The van der Waals surface area contributed by atoms with Crippen molar-refractivity contribution < 1.29 is 23.9 Å². The highest BCUT2D eigenvalue weighted by molar-refractivity contribution is 6.00. The zero-order chi connectivity index (χ0) is 21.7. The van der Waals surface area contributed by atoms with Crippen molar-refractivity contribution in [3.63, 3.8) is 0 Å². The molecule has 2 atom stereocenters. The van der Waals surface area contributed by atoms with E-state index >= 15 is 0 Å². The summed E-state index contributed by atoms with van der Waals surface area (Å²) in [5, 5.41) is 3.01. The first kappa shape index (κ1) is 22.1. The van der Waals surface area contributed by atoms with Crippen LogP contribution in [0.15, 0.2) is 18.2 Å². The van der Waals surface area contributed by atoms with Crippen molar-refractivity contribution in [3.05, 3.63) is 23.8 Å². The highest BCUT2D eigenvalue weighted by atomic mass is 16.5. The molecule has 164 valence electrons. The van der Waals surface area contributed by atoms with E-state index in [4.69, 9.17) is 9.47 Å². The van der Waals surface area contributed by atoms with E-state index in [1.54, 1.807) is 18.9 Å². The van der Waals surface area contributed by atoms with Gasteiger partial charge in [0, 0.05) is 19.0 Å². The zero-order valence-electron chi connectivity index (χ0n) is 18.1. The maximum absolute atomic E-state index is 12.6. The van der Waals surface area contributed by atoms with Crippen molar-refractivity contribution in [2.24, 2.45) is 5.92 Å². The number of hydrogen-bond donors (Lipinski definition) is 1. The molecular weight excluding hydrogens is 384 g/mol. The van der Waals surface area contributed by atoms with E-state index in [0.717, 1.165) is 31.2 Å². The molecular formula is C23H32N2O5. The highest BCUT2D eigenvalue weighted by Gasteiger charge is 2.38. The molecule has 0 radical (unpaired) electrons. The van der Waals surface area contributed by atoms with Crippen LogP contribution in [0.2, 0.25) is 0 Å². The maximum Gasteiger partial charge on any atom is 0.312 e. The molecule has 1 saturated carbocycles. The third-order valence-corrected chi connectivity index (χ3v) is 5.95. The molecule has 1 saturated heterocycles. The Bertz CT molecular complexity index is 786. The summed E-state index contributed by atoms with van der Waals surface area (Å²) in [6, 6.07) is 5.73. The molecule has 7 nitrogen and oxygen atoms in total. The molecule has 0 spiro atoms. The number of esters is 1. The molecule has 3 rings (SSSR count). The van der Waals surface area contributed by atoms with Crippen LogP contribution in [0, 0.1) is 12.8 Å². The lowest BCUT2D eigenvalue weighted by molar-refractivity contribution is -0.158. The number of anilines is 1. The van der Waals surface area contributed by atoms with Crippen LogP contribution in [-0.4, -0.2) is 43.6 Å². The third kappa shape index (κ3) is 5.32. The first-order valence-corrected chi connectivity index (χ1v) is 10.8. The second-order valence-corrected chi connectivity index (χ2v) is 8.36. The summed E-state index contributed by atoms with van der Waals surface area (Å²) in [5.74, 6) is -0.954. The Morgan fingerprint density at radius 3 is 2.53 bits per heavy atom. The van der Waals surface area contributed by atoms with Crippen LogP contribution in [0.4, 0.5) is 5.69 Å². The second-order valence-electron chi connectivity index (χ2n) is 8.36. The Kier molecular flexibility index (Phi) is 7.34. The molecule has 1 aromatic rings. The molecule has 0 bridgehead atoms. The molecule has 1 heterocycles. The third-order valence-electron chi connectivity index (χ3n) is 5.95. The number of methoxy groups -OCH3 is 1. The second kappa shape index (κ2) is 9.96. The van der Waals surface area contributed by atoms with Gasteiger partial charge in [0.05, 0.1) is 18.7 Å². The molecule has 2 amide bonds. The van der Waals surface area contributed by atoms with Gasteiger partial charge in [0.2, 0.25) is 5.91 Å². The van der Waals surface area contributed by atoms with E-state index < -0.39 is 18.0 Å². The smallest absolute Gasteiger partial charge is 0.312 e. The van der Waals surface area contributed by atoms with Gasteiger partial charge in [-0.25, -0.2) is 0 Å². The van der Waals surface area contributed by atoms with E-state index in [-0.39, 0.29) is 30.8 Å². The molecule has 1 aliphatic heterocycles. The lowest BCUT2D eigenvalue weighted by atomic mass is 10.1. The summed E-state index contributed by atoms with van der Waals surface area (Å²) in [7, 11) is 1.55. The molecule has 2 aliphatic rings. The van der Waals surface area contributed by atoms with Gasteiger partial charge in [-0.1, -0.05) is 31.7 Å². The fourth-order valence-electron chi connectivity index (χ4n) is 4.18. The Morgan fingerprint density at radius 2 is 1.87 bits per heavy atom. The quantitative estimate of drug-likeness (QED) is 0.569. The Morgan fingerprint density at radius 1 is 1.17 bits per heavy atom. The van der Waals surface area contributed by atoms with Crippen molar-refractivity contribution in [1.29, 1.82) is 0 Å². The van der Waals surface area contributed by atoms with Crippen LogP contribution in [0.1, 0.15) is 57.4 Å². The van der Waals surface area contributed by atoms with Gasteiger partial charge in [-0.3, -0.25) is 14.4 Å². The standard InChI is InChI=1S/C23H32N2O5/c1-15-10-11-20(29-3)19(12-15)25-14-17(13-21(25)26)23(28)30-16(2)22(27)24-18-8-6-4-5-7-9-18/h10-12,16-18H,4-9,13-14H2,1-3H3,(H,24,27)/t16-,17+/m0/s1. The summed E-state index contributed by atoms with van der Waals surface area (Å²) in [5.41, 5.74) is 1.64. The first-order chi connectivity index (χ1) is 14.4. The number of ether oxygens (including phenoxy) is 2. The van der Waals surface area contributed by atoms with Crippen LogP contribution in [0.3, 0.4) is 0 Å². The Balaban J connectivity index is 1.57. The molecule has 0 aromatic heterocycles. The van der Waals surface area contributed by atoms with Gasteiger partial charge >= 0.3 is 5.97 Å². The minimum absolute atomic E-state index is 0.0624. The van der Waals surface area contributed by atoms with E-state index in [0.29, 0.717) is 11.4 Å². The summed E-state index contributed by atoms with van der Waals surface area (Å²) < 4.78 is 10.8. The number of carbonyl (C=O) groups is 3. The average molecular weight is 417 g/mol. The Labute approximate surface area is 178 Å². The van der Waals surface area contributed by atoms with Crippen molar-refractivity contribution in [2.75, 3.05) is 18.6 Å². The van der Waals surface area contributed by atoms with E-state index in [1.807, 2.05) is 25.1 Å². The molecule has 0 unspecified atom stereocenters. The maximum atomic E-state index is 12.6. The number of nitrogens with one attached hydrogen (secondary N) is 1. The van der Waals surface area contributed by atoms with Gasteiger partial charge in [-0.15, -0.1) is 0 Å². The predicted molar refractivity (Wildman–Crippen MR) is 113 cm³/mol. The number of rotatable bonds is 6. The van der Waals surface area contributed by atoms with Crippen LogP contribution in [0.5, 0.6) is 5.75 Å². The van der Waals surface area contributed by atoms with E-state index in [1.165, 1.54) is 12.8 Å². The zero-order valence-corrected chi connectivity index (χ0v) is 18.1. The fraction of sp³-hybridized carbons (Fsp3) is 0.609. The normalized spacial score (nSPS) is 21.1. The summed E-state index contributed by atoms with van der Waals surface area (Å²) >= 11 is 0. The fourth-order valence-corrected chi connectivity index (χ4v) is 4.18. The van der Waals surface area contributed by atoms with Gasteiger partial charge in [0.1, 0.15) is 5.75 Å². The van der Waals surface area contributed by atoms with Gasteiger partial charge in [0.15, 0.2) is 6.10 Å². The van der Waals surface area contributed by atoms with Gasteiger partial charge in [-0.05, 0) is 44.4 Å². The molecule has 7 heteroatoms. The monoisotopic (exact) mass is 416 g/mol. The molecule has 2 fully saturated rings. The van der Waals surface area contributed by atoms with Crippen molar-refractivity contribution >= 4 is 23.5 Å². The van der Waals surface area contributed by atoms with E-state index in [9.17, 15) is 14.4 Å². The van der Waals surface area contributed by atoms with Crippen LogP contribution < -0.4 is 15.0 Å². The average Bonchev–Trinajstić information content (AvgIpc) is 2.93. The molecule has 1 aliphatic carbocycles. The van der Waals surface area contributed by atoms with Gasteiger partial charge in [-0.2, -0.15) is 0 Å². The SMILES string of the molecule is COc1ccc(C)cc1N1C[C@H](C(=O)O[C@@H](C)C(=O)NC2CCCCCC2)CC1=O.